The van der Waals surface area contributed by atoms with Gasteiger partial charge in [0, 0.05) is 11.8 Å². The van der Waals surface area contributed by atoms with Crippen LogP contribution in [0, 0.1) is 11.8 Å². The summed E-state index contributed by atoms with van der Waals surface area (Å²) < 4.78 is 1.27. The Bertz CT molecular complexity index is 485. The molecule has 2 unspecified atom stereocenters. The lowest BCUT2D eigenvalue weighted by atomic mass is 10.00. The van der Waals surface area contributed by atoms with E-state index >= 15 is 0 Å². The molecular weight excluding hydrogens is 250 g/mol. The standard InChI is InChI=1S/C14H16ClNS/c1-9(10-6-7-10)11(15)8-14-16-12-4-2-3-5-13(12)17-14/h2-5,9-11H,6-8H2,1H3. The summed E-state index contributed by atoms with van der Waals surface area (Å²) in [5, 5.41) is 1.42. The second kappa shape index (κ2) is 4.58. The predicted octanol–water partition coefficient (Wildman–Crippen LogP) is 4.49. The van der Waals surface area contributed by atoms with E-state index in [0.29, 0.717) is 5.92 Å². The molecule has 2 aromatic rings. The molecule has 1 heterocycles. The maximum atomic E-state index is 6.50. The third kappa shape index (κ3) is 2.48. The first kappa shape index (κ1) is 11.5. The number of alkyl halides is 1. The summed E-state index contributed by atoms with van der Waals surface area (Å²) in [6.07, 6.45) is 3.65. The molecule has 1 aliphatic rings. The molecule has 0 N–H and O–H groups in total. The smallest absolute Gasteiger partial charge is 0.0953 e. The van der Waals surface area contributed by atoms with Crippen LogP contribution in [0.4, 0.5) is 0 Å². The average Bonchev–Trinajstić information content (AvgIpc) is 3.08. The van der Waals surface area contributed by atoms with Crippen molar-refractivity contribution in [2.75, 3.05) is 0 Å². The van der Waals surface area contributed by atoms with Crippen molar-refractivity contribution in [2.45, 2.75) is 31.6 Å². The Morgan fingerprint density at radius 2 is 2.18 bits per heavy atom. The van der Waals surface area contributed by atoms with Crippen molar-refractivity contribution >= 4 is 33.2 Å². The lowest BCUT2D eigenvalue weighted by Crippen LogP contribution is -2.16. The zero-order valence-electron chi connectivity index (χ0n) is 9.90. The maximum Gasteiger partial charge on any atom is 0.0953 e. The molecular formula is C14H16ClNS. The van der Waals surface area contributed by atoms with Gasteiger partial charge < -0.3 is 0 Å². The SMILES string of the molecule is CC(C(Cl)Cc1nc2ccccc2s1)C1CC1. The fourth-order valence-electron chi connectivity index (χ4n) is 2.28. The van der Waals surface area contributed by atoms with Crippen molar-refractivity contribution in [1.29, 1.82) is 0 Å². The minimum Gasteiger partial charge on any atom is -0.241 e. The van der Waals surface area contributed by atoms with Gasteiger partial charge in [0.1, 0.15) is 0 Å². The lowest BCUT2D eigenvalue weighted by molar-refractivity contribution is 0.478. The highest BCUT2D eigenvalue weighted by molar-refractivity contribution is 7.18. The molecule has 1 nitrogen and oxygen atoms in total. The number of para-hydroxylation sites is 1. The first-order valence-electron chi connectivity index (χ1n) is 6.22. The number of nitrogens with zero attached hydrogens (tertiary/aromatic N) is 1. The minimum atomic E-state index is 0.239. The fraction of sp³-hybridized carbons (Fsp3) is 0.500. The number of rotatable bonds is 4. The van der Waals surface area contributed by atoms with E-state index in [1.807, 2.05) is 6.07 Å². The largest absolute Gasteiger partial charge is 0.241 e. The third-order valence-corrected chi connectivity index (χ3v) is 5.25. The summed E-state index contributed by atoms with van der Waals surface area (Å²) >= 11 is 8.27. The van der Waals surface area contributed by atoms with Gasteiger partial charge in [-0.3, -0.25) is 0 Å². The van der Waals surface area contributed by atoms with Gasteiger partial charge in [-0.25, -0.2) is 4.98 Å². The Morgan fingerprint density at radius 3 is 2.88 bits per heavy atom. The number of benzene rings is 1. The van der Waals surface area contributed by atoms with Crippen LogP contribution < -0.4 is 0 Å². The van der Waals surface area contributed by atoms with Crippen LogP contribution in [0.3, 0.4) is 0 Å². The monoisotopic (exact) mass is 265 g/mol. The molecule has 1 saturated carbocycles. The van der Waals surface area contributed by atoms with E-state index in [9.17, 15) is 0 Å². The van der Waals surface area contributed by atoms with Gasteiger partial charge in [-0.15, -0.1) is 22.9 Å². The summed E-state index contributed by atoms with van der Waals surface area (Å²) in [6.45, 7) is 2.28. The second-order valence-corrected chi connectivity index (χ2v) is 6.67. The fourth-order valence-corrected chi connectivity index (χ4v) is 3.75. The highest BCUT2D eigenvalue weighted by Gasteiger charge is 2.32. The van der Waals surface area contributed by atoms with Gasteiger partial charge in [0.15, 0.2) is 0 Å². The van der Waals surface area contributed by atoms with Crippen LogP contribution >= 0.6 is 22.9 Å². The molecule has 3 rings (SSSR count). The van der Waals surface area contributed by atoms with Crippen LogP contribution in [0.15, 0.2) is 24.3 Å². The highest BCUT2D eigenvalue weighted by Crippen LogP contribution is 2.40. The lowest BCUT2D eigenvalue weighted by Gasteiger charge is -2.15. The minimum absolute atomic E-state index is 0.239. The van der Waals surface area contributed by atoms with Crippen molar-refractivity contribution in [1.82, 2.24) is 4.98 Å². The summed E-state index contributed by atoms with van der Waals surface area (Å²) in [5.41, 5.74) is 1.11. The number of halogens is 1. The molecule has 0 radical (unpaired) electrons. The molecule has 1 aromatic heterocycles. The number of hydrogen-bond donors (Lipinski definition) is 0. The molecule has 1 fully saturated rings. The summed E-state index contributed by atoms with van der Waals surface area (Å²) in [4.78, 5) is 4.65. The van der Waals surface area contributed by atoms with Crippen LogP contribution in [-0.4, -0.2) is 10.4 Å². The molecule has 3 heteroatoms. The topological polar surface area (TPSA) is 12.9 Å². The van der Waals surface area contributed by atoms with Gasteiger partial charge in [0.25, 0.3) is 0 Å². The molecule has 0 saturated heterocycles. The summed E-state index contributed by atoms with van der Waals surface area (Å²) in [7, 11) is 0. The Morgan fingerprint density at radius 1 is 1.41 bits per heavy atom. The van der Waals surface area contributed by atoms with Crippen molar-refractivity contribution in [3.63, 3.8) is 0 Å². The van der Waals surface area contributed by atoms with Gasteiger partial charge in [0.2, 0.25) is 0 Å². The van der Waals surface area contributed by atoms with Crippen LogP contribution in [0.2, 0.25) is 0 Å². The van der Waals surface area contributed by atoms with E-state index in [1.165, 1.54) is 22.5 Å². The molecule has 0 amide bonds. The van der Waals surface area contributed by atoms with Gasteiger partial charge >= 0.3 is 0 Å². The molecule has 0 aliphatic heterocycles. The van der Waals surface area contributed by atoms with E-state index in [0.717, 1.165) is 17.9 Å². The zero-order valence-corrected chi connectivity index (χ0v) is 11.5. The molecule has 0 bridgehead atoms. The van der Waals surface area contributed by atoms with Gasteiger partial charge in [-0.2, -0.15) is 0 Å². The molecule has 2 atom stereocenters. The molecule has 17 heavy (non-hydrogen) atoms. The normalized spacial score (nSPS) is 19.4. The summed E-state index contributed by atoms with van der Waals surface area (Å²) in [6, 6.07) is 8.30. The number of fused-ring (bicyclic) bond motifs is 1. The van der Waals surface area contributed by atoms with Crippen LogP contribution in [0.5, 0.6) is 0 Å². The quantitative estimate of drug-likeness (QED) is 0.742. The molecule has 0 spiro atoms. The Labute approximate surface area is 111 Å². The van der Waals surface area contributed by atoms with Crippen molar-refractivity contribution < 1.29 is 0 Å². The average molecular weight is 266 g/mol. The first-order chi connectivity index (χ1) is 8.24. The van der Waals surface area contributed by atoms with E-state index < -0.39 is 0 Å². The van der Waals surface area contributed by atoms with E-state index in [4.69, 9.17) is 11.6 Å². The highest BCUT2D eigenvalue weighted by atomic mass is 35.5. The first-order valence-corrected chi connectivity index (χ1v) is 7.48. The van der Waals surface area contributed by atoms with E-state index in [2.05, 4.69) is 30.1 Å². The Balaban J connectivity index is 1.75. The van der Waals surface area contributed by atoms with Crippen LogP contribution in [0.25, 0.3) is 10.2 Å². The summed E-state index contributed by atoms with van der Waals surface area (Å²) in [5.74, 6) is 1.50. The van der Waals surface area contributed by atoms with E-state index in [-0.39, 0.29) is 5.38 Å². The second-order valence-electron chi connectivity index (χ2n) is 4.99. The van der Waals surface area contributed by atoms with Crippen LogP contribution in [0.1, 0.15) is 24.8 Å². The molecule has 1 aliphatic carbocycles. The Kier molecular flexibility index (Phi) is 3.10. The van der Waals surface area contributed by atoms with Gasteiger partial charge in [0.05, 0.1) is 15.2 Å². The Hall–Kier alpha value is -0.600. The van der Waals surface area contributed by atoms with Gasteiger partial charge in [-0.05, 0) is 36.8 Å². The third-order valence-electron chi connectivity index (χ3n) is 3.64. The van der Waals surface area contributed by atoms with Crippen molar-refractivity contribution in [3.8, 4) is 0 Å². The van der Waals surface area contributed by atoms with Crippen LogP contribution in [-0.2, 0) is 6.42 Å². The van der Waals surface area contributed by atoms with Crippen molar-refractivity contribution in [3.05, 3.63) is 29.3 Å². The molecule has 90 valence electrons. The zero-order chi connectivity index (χ0) is 11.8. The maximum absolute atomic E-state index is 6.50. The van der Waals surface area contributed by atoms with Crippen molar-refractivity contribution in [2.24, 2.45) is 11.8 Å². The predicted molar refractivity (Wildman–Crippen MR) is 74.9 cm³/mol. The molecule has 1 aromatic carbocycles. The van der Waals surface area contributed by atoms with E-state index in [1.54, 1.807) is 11.3 Å². The van der Waals surface area contributed by atoms with Gasteiger partial charge in [-0.1, -0.05) is 19.1 Å². The number of thiazole rings is 1. The number of hydrogen-bond acceptors (Lipinski definition) is 2. The number of aromatic nitrogens is 1.